The molecule has 1 aromatic heterocycles. The van der Waals surface area contributed by atoms with Crippen molar-refractivity contribution in [3.8, 4) is 11.8 Å². The molecule has 5 N–H and O–H groups in total. The maximum atomic E-state index is 12.3. The third-order valence-electron chi connectivity index (χ3n) is 3.42. The molecule has 0 saturated carbocycles. The maximum absolute atomic E-state index is 12.3. The summed E-state index contributed by atoms with van der Waals surface area (Å²) in [6, 6.07) is 1.37. The Morgan fingerprint density at radius 1 is 1.64 bits per heavy atom. The molecule has 0 amide bonds. The smallest absolute Gasteiger partial charge is 0.351 e. The van der Waals surface area contributed by atoms with Crippen molar-refractivity contribution in [3.05, 3.63) is 22.2 Å². The van der Waals surface area contributed by atoms with Gasteiger partial charge in [-0.1, -0.05) is 11.8 Å². The van der Waals surface area contributed by atoms with E-state index in [1.54, 1.807) is 0 Å². The standard InChI is InChI=1S/C13H16FN3O5/c1-7-5-9(15)16-12(20)17(7)11-13(21,3-2-4-14)10(19)8(6-18)22-11/h5,8,10-11,18-19,21H,4,6H2,1H3,(H2,15,16,20)/t8-,10+,11-,13?/m1/s1. The van der Waals surface area contributed by atoms with Crippen molar-refractivity contribution >= 4 is 5.82 Å². The van der Waals surface area contributed by atoms with Gasteiger partial charge in [0.2, 0.25) is 0 Å². The molecule has 0 radical (unpaired) electrons. The summed E-state index contributed by atoms with van der Waals surface area (Å²) >= 11 is 0. The second-order valence-electron chi connectivity index (χ2n) is 4.89. The van der Waals surface area contributed by atoms with Crippen LogP contribution < -0.4 is 11.4 Å². The zero-order valence-electron chi connectivity index (χ0n) is 11.7. The molecule has 120 valence electrons. The quantitative estimate of drug-likeness (QED) is 0.468. The average Bonchev–Trinajstić information content (AvgIpc) is 2.69. The van der Waals surface area contributed by atoms with Crippen molar-refractivity contribution < 1.29 is 24.4 Å². The van der Waals surface area contributed by atoms with E-state index in [0.29, 0.717) is 5.69 Å². The molecule has 22 heavy (non-hydrogen) atoms. The SMILES string of the molecule is Cc1cc(N)nc(=O)n1[C@@H]1O[C@H](CO)[C@H](O)C1(O)C#CCF. The molecule has 1 unspecified atom stereocenters. The Balaban J connectivity index is 2.59. The number of aliphatic hydroxyl groups excluding tert-OH is 2. The molecule has 0 aromatic carbocycles. The maximum Gasteiger partial charge on any atom is 0.351 e. The van der Waals surface area contributed by atoms with Crippen molar-refractivity contribution in [1.29, 1.82) is 0 Å². The lowest BCUT2D eigenvalue weighted by Gasteiger charge is -2.27. The van der Waals surface area contributed by atoms with Gasteiger partial charge in [-0.3, -0.25) is 4.57 Å². The molecule has 0 spiro atoms. The zero-order chi connectivity index (χ0) is 16.5. The molecule has 8 nitrogen and oxygen atoms in total. The predicted octanol–water partition coefficient (Wildman–Crippen LogP) is -1.91. The fraction of sp³-hybridized carbons (Fsp3) is 0.538. The minimum absolute atomic E-state index is 0.0191. The summed E-state index contributed by atoms with van der Waals surface area (Å²) in [6.07, 6.45) is -4.28. The third kappa shape index (κ3) is 2.57. The van der Waals surface area contributed by atoms with E-state index < -0.39 is 43.0 Å². The summed E-state index contributed by atoms with van der Waals surface area (Å²) in [6.45, 7) is -0.155. The highest BCUT2D eigenvalue weighted by Gasteiger charge is 2.56. The Kier molecular flexibility index (Phi) is 4.48. The van der Waals surface area contributed by atoms with E-state index in [-0.39, 0.29) is 5.82 Å². The molecule has 1 aliphatic heterocycles. The first kappa shape index (κ1) is 16.4. The molecule has 9 heteroatoms. The van der Waals surface area contributed by atoms with Crippen LogP contribution in [0.25, 0.3) is 0 Å². The number of aliphatic hydroxyl groups is 3. The van der Waals surface area contributed by atoms with Gasteiger partial charge in [0.05, 0.1) is 6.61 Å². The second kappa shape index (κ2) is 6.02. The zero-order valence-corrected chi connectivity index (χ0v) is 11.7. The number of aromatic nitrogens is 2. The number of ether oxygens (including phenoxy) is 1. The van der Waals surface area contributed by atoms with Crippen molar-refractivity contribution in [2.45, 2.75) is 31.0 Å². The van der Waals surface area contributed by atoms with E-state index in [4.69, 9.17) is 10.5 Å². The molecular weight excluding hydrogens is 297 g/mol. The minimum Gasteiger partial charge on any atom is -0.394 e. The molecule has 2 rings (SSSR count). The van der Waals surface area contributed by atoms with Crippen LogP contribution in [0, 0.1) is 18.8 Å². The summed E-state index contributed by atoms with van der Waals surface area (Å²) in [5.74, 6) is 4.15. The first-order valence-corrected chi connectivity index (χ1v) is 6.43. The minimum atomic E-state index is -2.27. The number of anilines is 1. The van der Waals surface area contributed by atoms with Crippen LogP contribution in [0.3, 0.4) is 0 Å². The van der Waals surface area contributed by atoms with Gasteiger partial charge in [-0.15, -0.1) is 0 Å². The van der Waals surface area contributed by atoms with Gasteiger partial charge in [0, 0.05) is 5.69 Å². The first-order chi connectivity index (χ1) is 10.3. The molecule has 1 saturated heterocycles. The predicted molar refractivity (Wildman–Crippen MR) is 73.3 cm³/mol. The molecule has 2 heterocycles. The van der Waals surface area contributed by atoms with E-state index in [0.717, 1.165) is 4.57 Å². The Hall–Kier alpha value is -1.99. The summed E-state index contributed by atoms with van der Waals surface area (Å²) in [4.78, 5) is 15.6. The van der Waals surface area contributed by atoms with Crippen LogP contribution in [0.5, 0.6) is 0 Å². The van der Waals surface area contributed by atoms with Gasteiger partial charge in [0.15, 0.2) is 11.8 Å². The molecule has 0 aliphatic carbocycles. The number of alkyl halides is 1. The highest BCUT2D eigenvalue weighted by molar-refractivity contribution is 5.30. The Bertz CT molecular complexity index is 682. The summed E-state index contributed by atoms with van der Waals surface area (Å²) in [5.41, 5.74) is 2.66. The van der Waals surface area contributed by atoms with E-state index >= 15 is 0 Å². The van der Waals surface area contributed by atoms with Crippen LogP contribution in [-0.4, -0.2) is 56.0 Å². The van der Waals surface area contributed by atoms with Crippen LogP contribution in [0.1, 0.15) is 11.9 Å². The van der Waals surface area contributed by atoms with Crippen molar-refractivity contribution in [2.24, 2.45) is 0 Å². The van der Waals surface area contributed by atoms with Crippen molar-refractivity contribution in [3.63, 3.8) is 0 Å². The molecule has 1 aromatic rings. The number of nitrogens with two attached hydrogens (primary N) is 1. The highest BCUT2D eigenvalue weighted by atomic mass is 19.1. The first-order valence-electron chi connectivity index (χ1n) is 6.43. The third-order valence-corrected chi connectivity index (χ3v) is 3.42. The van der Waals surface area contributed by atoms with E-state index in [1.165, 1.54) is 13.0 Å². The Morgan fingerprint density at radius 3 is 2.86 bits per heavy atom. The van der Waals surface area contributed by atoms with Crippen LogP contribution in [0.4, 0.5) is 10.2 Å². The number of hydrogen-bond acceptors (Lipinski definition) is 7. The lowest BCUT2D eigenvalue weighted by Crippen LogP contribution is -2.48. The monoisotopic (exact) mass is 313 g/mol. The fourth-order valence-corrected chi connectivity index (χ4v) is 2.40. The largest absolute Gasteiger partial charge is 0.394 e. The number of hydrogen-bond donors (Lipinski definition) is 4. The van der Waals surface area contributed by atoms with Gasteiger partial charge in [-0.05, 0) is 13.0 Å². The number of nitrogens with zero attached hydrogens (tertiary/aromatic N) is 2. The summed E-state index contributed by atoms with van der Waals surface area (Å²) in [7, 11) is 0. The van der Waals surface area contributed by atoms with Crippen LogP contribution in [0.15, 0.2) is 10.9 Å². The van der Waals surface area contributed by atoms with Crippen LogP contribution >= 0.6 is 0 Å². The van der Waals surface area contributed by atoms with E-state index in [9.17, 15) is 24.5 Å². The molecular formula is C13H16FN3O5. The molecule has 1 fully saturated rings. The van der Waals surface area contributed by atoms with Gasteiger partial charge in [0.25, 0.3) is 0 Å². The lowest BCUT2D eigenvalue weighted by molar-refractivity contribution is -0.0774. The van der Waals surface area contributed by atoms with Gasteiger partial charge in [0.1, 0.15) is 24.7 Å². The molecule has 4 atom stereocenters. The highest BCUT2D eigenvalue weighted by Crippen LogP contribution is 2.38. The van der Waals surface area contributed by atoms with Gasteiger partial charge in [-0.25, -0.2) is 9.18 Å². The Labute approximate surface area is 125 Å². The number of halogens is 1. The van der Waals surface area contributed by atoms with Gasteiger partial charge < -0.3 is 25.8 Å². The van der Waals surface area contributed by atoms with Gasteiger partial charge >= 0.3 is 5.69 Å². The topological polar surface area (TPSA) is 131 Å². The van der Waals surface area contributed by atoms with E-state index in [1.807, 2.05) is 5.92 Å². The van der Waals surface area contributed by atoms with E-state index in [2.05, 4.69) is 10.9 Å². The average molecular weight is 313 g/mol. The van der Waals surface area contributed by atoms with Crippen molar-refractivity contribution in [2.75, 3.05) is 19.0 Å². The molecule has 1 aliphatic rings. The second-order valence-corrected chi connectivity index (χ2v) is 4.89. The fourth-order valence-electron chi connectivity index (χ4n) is 2.40. The number of aryl methyl sites for hydroxylation is 1. The Morgan fingerprint density at radius 2 is 2.32 bits per heavy atom. The van der Waals surface area contributed by atoms with Crippen molar-refractivity contribution in [1.82, 2.24) is 9.55 Å². The summed E-state index contributed by atoms with van der Waals surface area (Å²) in [5, 5.41) is 29.9. The summed E-state index contributed by atoms with van der Waals surface area (Å²) < 4.78 is 18.6. The van der Waals surface area contributed by atoms with Crippen LogP contribution in [0.2, 0.25) is 0 Å². The van der Waals surface area contributed by atoms with Crippen LogP contribution in [-0.2, 0) is 4.74 Å². The lowest BCUT2D eigenvalue weighted by atomic mass is 9.94. The normalized spacial score (nSPS) is 30.9. The molecule has 0 bridgehead atoms. The van der Waals surface area contributed by atoms with Gasteiger partial charge in [-0.2, -0.15) is 4.98 Å². The number of rotatable bonds is 2. The number of nitrogen functional groups attached to an aromatic ring is 1.